The topological polar surface area (TPSA) is 109 Å². The summed E-state index contributed by atoms with van der Waals surface area (Å²) in [7, 11) is 1.53. The molecular weight excluding hydrogens is 413 g/mol. The number of nitriles is 1. The second-order valence-electron chi connectivity index (χ2n) is 6.57. The fourth-order valence-electron chi connectivity index (χ4n) is 2.77. The molecule has 0 radical (unpaired) electrons. The van der Waals surface area contributed by atoms with Crippen molar-refractivity contribution in [3.05, 3.63) is 47.5 Å². The minimum absolute atomic E-state index is 0.0242. The van der Waals surface area contributed by atoms with Gasteiger partial charge in [0.05, 0.1) is 43.2 Å². The summed E-state index contributed by atoms with van der Waals surface area (Å²) in [6.45, 7) is 0.133. The third kappa shape index (κ3) is 6.16. The minimum atomic E-state index is -4.44. The fourth-order valence-corrected chi connectivity index (χ4v) is 2.77. The first-order chi connectivity index (χ1) is 14.8. The van der Waals surface area contributed by atoms with Gasteiger partial charge in [0.25, 0.3) is 0 Å². The Balaban J connectivity index is 1.82. The van der Waals surface area contributed by atoms with E-state index in [1.165, 1.54) is 13.2 Å². The highest BCUT2D eigenvalue weighted by molar-refractivity contribution is 5.70. The lowest BCUT2D eigenvalue weighted by molar-refractivity contribution is -0.176. The molecule has 0 fully saturated rings. The third-order valence-corrected chi connectivity index (χ3v) is 4.02. The van der Waals surface area contributed by atoms with E-state index in [4.69, 9.17) is 10.00 Å². The van der Waals surface area contributed by atoms with Gasteiger partial charge in [0.2, 0.25) is 5.95 Å². The summed E-state index contributed by atoms with van der Waals surface area (Å²) in [4.78, 5) is 15.8. The number of alkyl halides is 3. The number of methoxy groups -OCH3 is 1. The molecule has 162 valence electrons. The van der Waals surface area contributed by atoms with Gasteiger partial charge in [0.1, 0.15) is 18.2 Å². The Morgan fingerprint density at radius 3 is 2.61 bits per heavy atom. The molecule has 2 heterocycles. The van der Waals surface area contributed by atoms with Crippen molar-refractivity contribution < 1.29 is 22.6 Å². The van der Waals surface area contributed by atoms with Crippen LogP contribution in [0.2, 0.25) is 0 Å². The predicted molar refractivity (Wildman–Crippen MR) is 106 cm³/mol. The van der Waals surface area contributed by atoms with Crippen LogP contribution in [0.4, 0.5) is 24.8 Å². The molecule has 0 saturated heterocycles. The quantitative estimate of drug-likeness (QED) is 0.552. The lowest BCUT2D eigenvalue weighted by atomic mass is 10.1. The van der Waals surface area contributed by atoms with Crippen LogP contribution in [0.1, 0.15) is 17.1 Å². The molecule has 0 aliphatic rings. The number of rotatable bonds is 8. The Kier molecular flexibility index (Phi) is 6.71. The van der Waals surface area contributed by atoms with Gasteiger partial charge in [-0.25, -0.2) is 15.0 Å². The van der Waals surface area contributed by atoms with Crippen LogP contribution in [0.15, 0.2) is 30.5 Å². The molecule has 0 aliphatic carbocycles. The molecule has 0 bridgehead atoms. The van der Waals surface area contributed by atoms with Crippen molar-refractivity contribution in [1.29, 1.82) is 5.26 Å². The van der Waals surface area contributed by atoms with E-state index in [1.807, 2.05) is 13.0 Å². The number of anilines is 2. The van der Waals surface area contributed by atoms with E-state index >= 15 is 0 Å². The van der Waals surface area contributed by atoms with Crippen molar-refractivity contribution in [3.8, 4) is 23.2 Å². The SMILES string of the molecule is COc1cc(Nc2nc(CC#N)cc(COCC(F)(F)F)n2)ccc1-c1ncc(C)[nH]1. The van der Waals surface area contributed by atoms with E-state index in [0.717, 1.165) is 11.3 Å². The zero-order chi connectivity index (χ0) is 22.4. The van der Waals surface area contributed by atoms with Crippen molar-refractivity contribution in [3.63, 3.8) is 0 Å². The molecule has 8 nitrogen and oxygen atoms in total. The third-order valence-electron chi connectivity index (χ3n) is 4.02. The van der Waals surface area contributed by atoms with Crippen LogP contribution in [0.5, 0.6) is 5.75 Å². The molecule has 0 unspecified atom stereocenters. The van der Waals surface area contributed by atoms with Gasteiger partial charge in [0.15, 0.2) is 0 Å². The molecule has 0 spiro atoms. The summed E-state index contributed by atoms with van der Waals surface area (Å²) in [6, 6.07) is 8.67. The predicted octanol–water partition coefficient (Wildman–Crippen LogP) is 4.07. The number of nitrogens with zero attached hydrogens (tertiary/aromatic N) is 4. The average molecular weight is 432 g/mol. The molecule has 2 N–H and O–H groups in total. The number of hydrogen-bond donors (Lipinski definition) is 2. The van der Waals surface area contributed by atoms with Crippen LogP contribution in [0.3, 0.4) is 0 Å². The van der Waals surface area contributed by atoms with Gasteiger partial charge in [-0.1, -0.05) is 0 Å². The molecule has 11 heteroatoms. The summed E-state index contributed by atoms with van der Waals surface area (Å²) < 4.78 is 47.1. The van der Waals surface area contributed by atoms with E-state index in [1.54, 1.807) is 24.4 Å². The number of aryl methyl sites for hydroxylation is 1. The summed E-state index contributed by atoms with van der Waals surface area (Å²) in [5.41, 5.74) is 2.82. The van der Waals surface area contributed by atoms with Crippen molar-refractivity contribution in [1.82, 2.24) is 19.9 Å². The van der Waals surface area contributed by atoms with Gasteiger partial charge < -0.3 is 19.8 Å². The molecule has 0 aliphatic heterocycles. The van der Waals surface area contributed by atoms with Crippen molar-refractivity contribution in [2.24, 2.45) is 0 Å². The molecule has 2 aromatic heterocycles. The van der Waals surface area contributed by atoms with Gasteiger partial charge >= 0.3 is 6.18 Å². The van der Waals surface area contributed by atoms with E-state index in [-0.39, 0.29) is 24.7 Å². The highest BCUT2D eigenvalue weighted by Crippen LogP contribution is 2.31. The summed E-state index contributed by atoms with van der Waals surface area (Å²) in [5.74, 6) is 1.32. The van der Waals surface area contributed by atoms with Crippen molar-refractivity contribution >= 4 is 11.6 Å². The molecule has 0 atom stereocenters. The van der Waals surface area contributed by atoms with Crippen LogP contribution in [0, 0.1) is 18.3 Å². The van der Waals surface area contributed by atoms with Crippen LogP contribution >= 0.6 is 0 Å². The van der Waals surface area contributed by atoms with E-state index in [0.29, 0.717) is 23.0 Å². The largest absolute Gasteiger partial charge is 0.496 e. The number of hydrogen-bond acceptors (Lipinski definition) is 7. The summed E-state index contributed by atoms with van der Waals surface area (Å²) >= 11 is 0. The first kappa shape index (κ1) is 22.0. The molecule has 3 rings (SSSR count). The number of ether oxygens (including phenoxy) is 2. The van der Waals surface area contributed by atoms with E-state index in [9.17, 15) is 13.2 Å². The van der Waals surface area contributed by atoms with E-state index < -0.39 is 12.8 Å². The van der Waals surface area contributed by atoms with Crippen molar-refractivity contribution in [2.45, 2.75) is 26.1 Å². The van der Waals surface area contributed by atoms with Crippen LogP contribution in [-0.4, -0.2) is 39.8 Å². The van der Waals surface area contributed by atoms with Gasteiger partial charge in [-0.2, -0.15) is 18.4 Å². The van der Waals surface area contributed by atoms with Gasteiger partial charge in [0, 0.05) is 23.6 Å². The number of H-pyrrole nitrogens is 1. The Morgan fingerprint density at radius 2 is 1.97 bits per heavy atom. The highest BCUT2D eigenvalue weighted by Gasteiger charge is 2.27. The Bertz CT molecular complexity index is 1090. The Morgan fingerprint density at radius 1 is 1.19 bits per heavy atom. The smallest absolute Gasteiger partial charge is 0.411 e. The summed E-state index contributed by atoms with van der Waals surface area (Å²) in [5, 5.41) is 11.9. The summed E-state index contributed by atoms with van der Waals surface area (Å²) in [6.07, 6.45) is -2.75. The number of benzene rings is 1. The normalized spacial score (nSPS) is 11.2. The zero-order valence-corrected chi connectivity index (χ0v) is 16.7. The molecule has 31 heavy (non-hydrogen) atoms. The number of halogens is 3. The second kappa shape index (κ2) is 9.44. The van der Waals surface area contributed by atoms with Gasteiger partial charge in [-0.3, -0.25) is 0 Å². The maximum Gasteiger partial charge on any atom is 0.411 e. The second-order valence-corrected chi connectivity index (χ2v) is 6.57. The standard InChI is InChI=1S/C20H19F3N6O2/c1-12-9-25-18(26-12)16-4-3-13(8-17(16)30-2)27-19-28-14(5-6-24)7-15(29-19)10-31-11-20(21,22)23/h3-4,7-9H,5,10-11H2,1-2H3,(H,25,26)(H,27,28,29). The Hall–Kier alpha value is -3.65. The van der Waals surface area contributed by atoms with Crippen LogP contribution < -0.4 is 10.1 Å². The Labute approximate surface area is 176 Å². The monoisotopic (exact) mass is 432 g/mol. The number of aromatic amines is 1. The van der Waals surface area contributed by atoms with Crippen LogP contribution in [-0.2, 0) is 17.8 Å². The van der Waals surface area contributed by atoms with Gasteiger partial charge in [-0.05, 0) is 25.1 Å². The lowest BCUT2D eigenvalue weighted by Crippen LogP contribution is -2.17. The average Bonchev–Trinajstić information content (AvgIpc) is 3.13. The number of imidazole rings is 1. The van der Waals surface area contributed by atoms with Gasteiger partial charge in [-0.15, -0.1) is 0 Å². The first-order valence-corrected chi connectivity index (χ1v) is 9.12. The molecule has 0 saturated carbocycles. The molecule has 0 amide bonds. The van der Waals surface area contributed by atoms with Crippen molar-refractivity contribution in [2.75, 3.05) is 19.0 Å². The fraction of sp³-hybridized carbons (Fsp3) is 0.300. The first-order valence-electron chi connectivity index (χ1n) is 9.12. The maximum atomic E-state index is 12.3. The number of aromatic nitrogens is 4. The maximum absolute atomic E-state index is 12.3. The zero-order valence-electron chi connectivity index (χ0n) is 16.7. The molecular formula is C20H19F3N6O2. The highest BCUT2D eigenvalue weighted by atomic mass is 19.4. The minimum Gasteiger partial charge on any atom is -0.496 e. The molecule has 3 aromatic rings. The molecule has 1 aromatic carbocycles. The van der Waals surface area contributed by atoms with E-state index in [2.05, 4.69) is 30.0 Å². The number of nitrogens with one attached hydrogen (secondary N) is 2. The lowest BCUT2D eigenvalue weighted by Gasteiger charge is -2.12. The van der Waals surface area contributed by atoms with Crippen LogP contribution in [0.25, 0.3) is 11.4 Å².